The Balaban J connectivity index is 0.000000242. The van der Waals surface area contributed by atoms with Gasteiger partial charge in [-0.3, -0.25) is 0 Å². The van der Waals surface area contributed by atoms with Crippen LogP contribution in [0, 0.1) is 0 Å². The Morgan fingerprint density at radius 2 is 2.08 bits per heavy atom. The van der Waals surface area contributed by atoms with Crippen molar-refractivity contribution in [3.8, 4) is 0 Å². The number of rotatable bonds is 2. The summed E-state index contributed by atoms with van der Waals surface area (Å²) in [5, 5.41) is 10.9. The van der Waals surface area contributed by atoms with Crippen molar-refractivity contribution < 1.29 is 35.8 Å². The van der Waals surface area contributed by atoms with Gasteiger partial charge in [0, 0.05) is 6.42 Å². The van der Waals surface area contributed by atoms with Gasteiger partial charge in [-0.2, -0.15) is 13.2 Å². The smallest absolute Gasteiger partial charge is 0.485 e. The Kier molecular flexibility index (Phi) is 5.65. The summed E-state index contributed by atoms with van der Waals surface area (Å²) in [4.78, 5) is 2.34. The molecule has 10 heteroatoms. The summed E-state index contributed by atoms with van der Waals surface area (Å²) in [5.74, 6) is 1.32. The summed E-state index contributed by atoms with van der Waals surface area (Å²) in [7, 11) is -6.09. The zero-order valence-electron chi connectivity index (χ0n) is 13.7. The van der Waals surface area contributed by atoms with Gasteiger partial charge in [0.1, 0.15) is 6.04 Å². The summed E-state index contributed by atoms with van der Waals surface area (Å²) < 4.78 is 61.1. The number of allylic oxidation sites excluding steroid dienone is 2. The molecule has 0 radical (unpaired) electrons. The van der Waals surface area contributed by atoms with Crippen LogP contribution in [0.5, 0.6) is 0 Å². The molecule has 0 saturated carbocycles. The second-order valence-corrected chi connectivity index (χ2v) is 7.58. The van der Waals surface area contributed by atoms with Crippen LogP contribution in [0.2, 0.25) is 0 Å². The Labute approximate surface area is 144 Å². The predicted molar refractivity (Wildman–Crippen MR) is 83.5 cm³/mol. The third kappa shape index (κ3) is 4.24. The highest BCUT2D eigenvalue weighted by atomic mass is 32.2. The first-order valence-corrected chi connectivity index (χ1v) is 9.42. The third-order valence-corrected chi connectivity index (χ3v) is 4.98. The number of aliphatic hydroxyl groups is 1. The van der Waals surface area contributed by atoms with Crippen LogP contribution in [0.1, 0.15) is 39.0 Å². The van der Waals surface area contributed by atoms with Crippen molar-refractivity contribution in [1.29, 1.82) is 0 Å². The minimum Gasteiger partial charge on any atom is -0.741 e. The van der Waals surface area contributed by atoms with Crippen LogP contribution in [-0.4, -0.2) is 57.2 Å². The molecule has 0 aromatic heterocycles. The van der Waals surface area contributed by atoms with Gasteiger partial charge in [-0.1, -0.05) is 13.0 Å². The lowest BCUT2D eigenvalue weighted by atomic mass is 9.93. The fraction of sp³-hybridized carbons (Fsp3) is 0.667. The van der Waals surface area contributed by atoms with Gasteiger partial charge in [-0.05, 0) is 25.0 Å². The minimum atomic E-state index is -6.09. The highest BCUT2D eigenvalue weighted by molar-refractivity contribution is 7.86. The van der Waals surface area contributed by atoms with E-state index in [0.717, 1.165) is 32.2 Å². The second-order valence-electron chi connectivity index (χ2n) is 6.21. The maximum absolute atomic E-state index is 10.9. The van der Waals surface area contributed by atoms with E-state index in [-0.39, 0.29) is 0 Å². The lowest BCUT2D eigenvalue weighted by Gasteiger charge is -2.39. The molecule has 0 aromatic rings. The van der Waals surface area contributed by atoms with E-state index in [1.807, 2.05) is 0 Å². The lowest BCUT2D eigenvalue weighted by Crippen LogP contribution is -2.56. The van der Waals surface area contributed by atoms with Crippen LogP contribution in [0.25, 0.3) is 0 Å². The molecule has 6 nitrogen and oxygen atoms in total. The van der Waals surface area contributed by atoms with Gasteiger partial charge in [-0.15, -0.1) is 0 Å². The molecule has 0 saturated heterocycles. The maximum atomic E-state index is 10.9. The number of fused-ring (bicyclic) bond motifs is 2. The molecule has 3 heterocycles. The summed E-state index contributed by atoms with van der Waals surface area (Å²) in [6, 6.07) is 0.348. The van der Waals surface area contributed by atoms with E-state index in [1.165, 1.54) is 12.3 Å². The average molecular weight is 382 g/mol. The Morgan fingerprint density at radius 3 is 2.64 bits per heavy atom. The van der Waals surface area contributed by atoms with Crippen molar-refractivity contribution in [1.82, 2.24) is 4.90 Å². The van der Waals surface area contributed by atoms with Crippen molar-refractivity contribution in [2.24, 2.45) is 0 Å². The van der Waals surface area contributed by atoms with Crippen molar-refractivity contribution in [2.45, 2.75) is 56.3 Å². The van der Waals surface area contributed by atoms with E-state index in [9.17, 15) is 18.3 Å². The molecule has 0 fully saturated rings. The van der Waals surface area contributed by atoms with Gasteiger partial charge in [0.15, 0.2) is 10.1 Å². The number of hydrogen-bond acceptors (Lipinski definition) is 5. The molecule has 0 aromatic carbocycles. The largest absolute Gasteiger partial charge is 0.741 e. The molecule has 0 aliphatic carbocycles. The van der Waals surface area contributed by atoms with Gasteiger partial charge >= 0.3 is 5.51 Å². The normalized spacial score (nSPS) is 28.4. The van der Waals surface area contributed by atoms with E-state index in [2.05, 4.69) is 40.8 Å². The number of halogens is 3. The van der Waals surface area contributed by atoms with Crippen molar-refractivity contribution in [3.05, 3.63) is 24.4 Å². The van der Waals surface area contributed by atoms with Crippen LogP contribution in [0.15, 0.2) is 24.4 Å². The average Bonchev–Trinajstić information content (AvgIpc) is 2.97. The Bertz CT molecular complexity index is 700. The molecule has 3 aliphatic rings. The van der Waals surface area contributed by atoms with E-state index in [4.69, 9.17) is 13.0 Å². The van der Waals surface area contributed by atoms with E-state index >= 15 is 0 Å². The molecule has 3 aliphatic heterocycles. The standard InChI is InChI=1S/C14H21N2O.CHF3O3S/c1-2-8-14(17)11-12-6-3-4-9-15(12)13-7-5-10-16(13)14;2-1(3,4)8(5,6)7/h3-4,6,9,12,17H,2,5,7-8,10-11H2,1H3;(H,5,6,7)/q+1;/p-1. The minimum absolute atomic E-state index is 0.348. The molecule has 25 heavy (non-hydrogen) atoms. The monoisotopic (exact) mass is 382 g/mol. The molecule has 2 atom stereocenters. The quantitative estimate of drug-likeness (QED) is 0.448. The van der Waals surface area contributed by atoms with Crippen LogP contribution >= 0.6 is 0 Å². The maximum Gasteiger partial charge on any atom is 0.485 e. The third-order valence-electron chi connectivity index (χ3n) is 4.41. The first-order valence-electron chi connectivity index (χ1n) is 8.01. The number of amidine groups is 1. The highest BCUT2D eigenvalue weighted by Crippen LogP contribution is 2.34. The van der Waals surface area contributed by atoms with Crippen molar-refractivity contribution in [3.63, 3.8) is 0 Å². The van der Waals surface area contributed by atoms with Crippen LogP contribution in [0.4, 0.5) is 13.2 Å². The summed E-state index contributed by atoms with van der Waals surface area (Å²) in [5.41, 5.74) is -6.26. The van der Waals surface area contributed by atoms with Gasteiger partial charge in [0.05, 0.1) is 25.6 Å². The SMILES string of the molecule is CCCC1(O)CC2C=CC=CN2C2=[N+]1CCC2.O=S(=O)([O-])C(F)(F)F. The molecular formula is C15H21F3N2O4S. The zero-order valence-corrected chi connectivity index (χ0v) is 14.6. The van der Waals surface area contributed by atoms with Crippen LogP contribution in [-0.2, 0) is 10.1 Å². The van der Waals surface area contributed by atoms with Crippen LogP contribution < -0.4 is 0 Å². The molecule has 0 amide bonds. The fourth-order valence-corrected chi connectivity index (χ4v) is 3.44. The summed E-state index contributed by atoms with van der Waals surface area (Å²) >= 11 is 0. The number of alkyl halides is 3. The first-order chi connectivity index (χ1) is 11.5. The first kappa shape index (κ1) is 19.9. The molecule has 1 N–H and O–H groups in total. The summed E-state index contributed by atoms with van der Waals surface area (Å²) in [6.07, 6.45) is 13.6. The van der Waals surface area contributed by atoms with E-state index < -0.39 is 21.4 Å². The molecule has 0 spiro atoms. The topological polar surface area (TPSA) is 83.7 Å². The van der Waals surface area contributed by atoms with Crippen molar-refractivity contribution >= 4 is 16.0 Å². The second kappa shape index (κ2) is 7.08. The fourth-order valence-electron chi connectivity index (χ4n) is 3.44. The Hall–Kier alpha value is -1.39. The van der Waals surface area contributed by atoms with Crippen molar-refractivity contribution in [2.75, 3.05) is 6.54 Å². The number of hydrogen-bond donors (Lipinski definition) is 1. The number of nitrogens with zero attached hydrogens (tertiary/aromatic N) is 2. The molecule has 2 unspecified atom stereocenters. The highest BCUT2D eigenvalue weighted by Gasteiger charge is 2.49. The van der Waals surface area contributed by atoms with Gasteiger partial charge in [0.25, 0.3) is 5.84 Å². The van der Waals surface area contributed by atoms with Gasteiger partial charge in [-0.25, -0.2) is 17.9 Å². The Morgan fingerprint density at radius 1 is 1.44 bits per heavy atom. The molecule has 3 rings (SSSR count). The lowest BCUT2D eigenvalue weighted by molar-refractivity contribution is -0.664. The van der Waals surface area contributed by atoms with E-state index in [1.54, 1.807) is 0 Å². The van der Waals surface area contributed by atoms with Gasteiger partial charge in [0.2, 0.25) is 5.72 Å². The molecule has 142 valence electrons. The van der Waals surface area contributed by atoms with Crippen LogP contribution in [0.3, 0.4) is 0 Å². The predicted octanol–water partition coefficient (Wildman–Crippen LogP) is 1.89. The summed E-state index contributed by atoms with van der Waals surface area (Å²) in [6.45, 7) is 3.16. The molecular weight excluding hydrogens is 361 g/mol. The zero-order chi connectivity index (χ0) is 18.9. The molecule has 0 bridgehead atoms. The van der Waals surface area contributed by atoms with Gasteiger partial charge < -0.3 is 9.66 Å². The van der Waals surface area contributed by atoms with E-state index in [0.29, 0.717) is 6.04 Å².